The number of para-hydroxylation sites is 1. The molecule has 0 saturated heterocycles. The van der Waals surface area contributed by atoms with Gasteiger partial charge in [0.25, 0.3) is 5.91 Å². The Bertz CT molecular complexity index is 1230. The molecule has 0 bridgehead atoms. The second-order valence-electron chi connectivity index (χ2n) is 6.47. The molecule has 8 nitrogen and oxygen atoms in total. The molecule has 9 heteroatoms. The van der Waals surface area contributed by atoms with Crippen LogP contribution < -0.4 is 20.1 Å². The monoisotopic (exact) mass is 433 g/mol. The molecule has 4 rings (SSSR count). The molecule has 0 aliphatic rings. The van der Waals surface area contributed by atoms with Crippen molar-refractivity contribution < 1.29 is 14.3 Å². The molecule has 31 heavy (non-hydrogen) atoms. The number of thiocarbonyl (C=S) groups is 1. The Balaban J connectivity index is 1.51. The highest BCUT2D eigenvalue weighted by molar-refractivity contribution is 7.80. The molecular formula is C22H19N5O3S. The van der Waals surface area contributed by atoms with Crippen LogP contribution in [0.1, 0.15) is 10.4 Å². The Hall–Kier alpha value is -3.98. The van der Waals surface area contributed by atoms with E-state index in [1.54, 1.807) is 23.0 Å². The summed E-state index contributed by atoms with van der Waals surface area (Å²) in [6, 6.07) is 20.2. The lowest BCUT2D eigenvalue weighted by atomic mass is 10.1. The zero-order valence-corrected chi connectivity index (χ0v) is 17.6. The van der Waals surface area contributed by atoms with Gasteiger partial charge in [0, 0.05) is 5.69 Å². The number of nitrogens with one attached hydrogen (secondary N) is 2. The summed E-state index contributed by atoms with van der Waals surface area (Å²) in [7, 11) is 2.97. The van der Waals surface area contributed by atoms with Crippen LogP contribution in [0.4, 0.5) is 5.69 Å². The lowest BCUT2D eigenvalue weighted by Crippen LogP contribution is -2.34. The summed E-state index contributed by atoms with van der Waals surface area (Å²) in [4.78, 5) is 14.3. The van der Waals surface area contributed by atoms with E-state index in [2.05, 4.69) is 20.8 Å². The standard InChI is InChI=1S/C22H19N5O3S/c1-29-18-9-6-10-19(30-2)20(18)21(28)24-22(31)23-14-11-12-16-17(13-14)26-27(25-16)15-7-4-3-5-8-15/h3-13H,1-2H3,(H2,23,24,28,31). The van der Waals surface area contributed by atoms with Gasteiger partial charge in [0.1, 0.15) is 28.1 Å². The topological polar surface area (TPSA) is 90.3 Å². The van der Waals surface area contributed by atoms with Crippen LogP contribution in [-0.2, 0) is 0 Å². The van der Waals surface area contributed by atoms with Crippen molar-refractivity contribution in [2.45, 2.75) is 0 Å². The van der Waals surface area contributed by atoms with Crippen molar-refractivity contribution in [3.05, 3.63) is 72.3 Å². The van der Waals surface area contributed by atoms with E-state index in [0.717, 1.165) is 11.2 Å². The molecule has 0 unspecified atom stereocenters. The van der Waals surface area contributed by atoms with Crippen LogP contribution in [0.5, 0.6) is 11.5 Å². The normalized spacial score (nSPS) is 10.5. The smallest absolute Gasteiger partial charge is 0.264 e. The largest absolute Gasteiger partial charge is 0.496 e. The number of aromatic nitrogens is 3. The molecule has 0 atom stereocenters. The molecule has 0 aliphatic heterocycles. The minimum absolute atomic E-state index is 0.132. The van der Waals surface area contributed by atoms with Crippen LogP contribution in [-0.4, -0.2) is 40.2 Å². The molecule has 0 saturated carbocycles. The summed E-state index contributed by atoms with van der Waals surface area (Å²) in [6.07, 6.45) is 0. The predicted octanol–water partition coefficient (Wildman–Crippen LogP) is 3.56. The molecule has 0 radical (unpaired) electrons. The van der Waals surface area contributed by atoms with Crippen molar-refractivity contribution in [3.63, 3.8) is 0 Å². The van der Waals surface area contributed by atoms with Gasteiger partial charge in [-0.1, -0.05) is 24.3 Å². The zero-order chi connectivity index (χ0) is 21.8. The number of carbonyl (C=O) groups excluding carboxylic acids is 1. The van der Waals surface area contributed by atoms with Crippen LogP contribution in [0.15, 0.2) is 66.7 Å². The van der Waals surface area contributed by atoms with Crippen LogP contribution >= 0.6 is 12.2 Å². The molecular weight excluding hydrogens is 414 g/mol. The minimum Gasteiger partial charge on any atom is -0.496 e. The number of fused-ring (bicyclic) bond motifs is 1. The van der Waals surface area contributed by atoms with Gasteiger partial charge >= 0.3 is 0 Å². The van der Waals surface area contributed by atoms with Gasteiger partial charge < -0.3 is 14.8 Å². The molecule has 0 fully saturated rings. The number of ether oxygens (including phenoxy) is 2. The van der Waals surface area contributed by atoms with Crippen molar-refractivity contribution in [1.29, 1.82) is 0 Å². The molecule has 0 spiro atoms. The number of benzene rings is 3. The molecule has 1 amide bonds. The quantitative estimate of drug-likeness (QED) is 0.465. The number of rotatable bonds is 5. The lowest BCUT2D eigenvalue weighted by molar-refractivity contribution is 0.0971. The summed E-state index contributed by atoms with van der Waals surface area (Å²) in [5, 5.41) is 14.8. The number of nitrogens with zero attached hydrogens (tertiary/aromatic N) is 3. The number of hydrogen-bond donors (Lipinski definition) is 2. The maximum atomic E-state index is 12.8. The lowest BCUT2D eigenvalue weighted by Gasteiger charge is -2.14. The summed E-state index contributed by atoms with van der Waals surface area (Å²) >= 11 is 5.31. The summed E-state index contributed by atoms with van der Waals surface area (Å²) in [5.74, 6) is 0.333. The van der Waals surface area contributed by atoms with Crippen LogP contribution in [0.25, 0.3) is 16.7 Å². The highest BCUT2D eigenvalue weighted by Crippen LogP contribution is 2.28. The minimum atomic E-state index is -0.442. The molecule has 2 N–H and O–H groups in total. The molecule has 1 heterocycles. The van der Waals surface area contributed by atoms with Gasteiger partial charge in [0.05, 0.1) is 19.9 Å². The van der Waals surface area contributed by atoms with Gasteiger partial charge in [-0.15, -0.1) is 10.2 Å². The third-order valence-electron chi connectivity index (χ3n) is 4.51. The Morgan fingerprint density at radius 2 is 1.58 bits per heavy atom. The van der Waals surface area contributed by atoms with Crippen molar-refractivity contribution >= 4 is 40.0 Å². The molecule has 3 aromatic carbocycles. The van der Waals surface area contributed by atoms with Crippen molar-refractivity contribution in [2.75, 3.05) is 19.5 Å². The van der Waals surface area contributed by atoms with E-state index < -0.39 is 5.91 Å². The van der Waals surface area contributed by atoms with Crippen molar-refractivity contribution in [2.24, 2.45) is 0 Å². The van der Waals surface area contributed by atoms with Gasteiger partial charge in [0.15, 0.2) is 5.11 Å². The van der Waals surface area contributed by atoms with Crippen LogP contribution in [0, 0.1) is 0 Å². The van der Waals surface area contributed by atoms with Crippen LogP contribution in [0.2, 0.25) is 0 Å². The maximum Gasteiger partial charge on any atom is 0.264 e. The first-order valence-electron chi connectivity index (χ1n) is 9.35. The van der Waals surface area contributed by atoms with E-state index in [1.165, 1.54) is 14.2 Å². The van der Waals surface area contributed by atoms with Gasteiger partial charge in [-0.2, -0.15) is 4.80 Å². The Morgan fingerprint density at radius 1 is 0.903 bits per heavy atom. The van der Waals surface area contributed by atoms with Gasteiger partial charge in [-0.25, -0.2) is 0 Å². The van der Waals surface area contributed by atoms with Gasteiger partial charge in [-0.3, -0.25) is 10.1 Å². The van der Waals surface area contributed by atoms with E-state index in [-0.39, 0.29) is 10.7 Å². The maximum absolute atomic E-state index is 12.8. The molecule has 1 aromatic heterocycles. The van der Waals surface area contributed by atoms with E-state index in [1.807, 2.05) is 48.5 Å². The summed E-state index contributed by atoms with van der Waals surface area (Å²) in [6.45, 7) is 0. The number of hydrogen-bond acceptors (Lipinski definition) is 6. The molecule has 4 aromatic rings. The van der Waals surface area contributed by atoms with Gasteiger partial charge in [0.2, 0.25) is 0 Å². The third kappa shape index (κ3) is 4.31. The predicted molar refractivity (Wildman–Crippen MR) is 122 cm³/mol. The molecule has 156 valence electrons. The zero-order valence-electron chi connectivity index (χ0n) is 16.8. The number of anilines is 1. The van der Waals surface area contributed by atoms with Crippen molar-refractivity contribution in [3.8, 4) is 17.2 Å². The number of amides is 1. The Kier molecular flexibility index (Phi) is 5.76. The highest BCUT2D eigenvalue weighted by atomic mass is 32.1. The third-order valence-corrected chi connectivity index (χ3v) is 4.71. The average molecular weight is 433 g/mol. The second kappa shape index (κ2) is 8.80. The fourth-order valence-electron chi connectivity index (χ4n) is 3.07. The summed E-state index contributed by atoms with van der Waals surface area (Å²) < 4.78 is 10.5. The SMILES string of the molecule is COc1cccc(OC)c1C(=O)NC(=S)Nc1ccc2nn(-c3ccccc3)nc2c1. The first-order valence-corrected chi connectivity index (χ1v) is 9.75. The first-order chi connectivity index (χ1) is 15.1. The van der Waals surface area contributed by atoms with Gasteiger partial charge in [-0.05, 0) is 54.7 Å². The fourth-order valence-corrected chi connectivity index (χ4v) is 3.28. The average Bonchev–Trinajstić information content (AvgIpc) is 3.22. The number of methoxy groups -OCH3 is 2. The van der Waals surface area contributed by atoms with E-state index in [9.17, 15) is 4.79 Å². The Morgan fingerprint density at radius 3 is 2.26 bits per heavy atom. The van der Waals surface area contributed by atoms with Crippen molar-refractivity contribution in [1.82, 2.24) is 20.3 Å². The summed E-state index contributed by atoms with van der Waals surface area (Å²) in [5.41, 5.74) is 3.22. The number of carbonyl (C=O) groups is 1. The first kappa shape index (κ1) is 20.3. The fraction of sp³-hybridized carbons (Fsp3) is 0.0909. The second-order valence-corrected chi connectivity index (χ2v) is 6.88. The van der Waals surface area contributed by atoms with E-state index in [0.29, 0.717) is 22.7 Å². The van der Waals surface area contributed by atoms with E-state index in [4.69, 9.17) is 21.7 Å². The van der Waals surface area contributed by atoms with Crippen LogP contribution in [0.3, 0.4) is 0 Å². The Labute approximate surface area is 183 Å². The molecule has 0 aliphatic carbocycles. The van der Waals surface area contributed by atoms with E-state index >= 15 is 0 Å². The highest BCUT2D eigenvalue weighted by Gasteiger charge is 2.19.